The van der Waals surface area contributed by atoms with Gasteiger partial charge in [0.05, 0.1) is 6.20 Å². The number of nitrogens with one attached hydrogen (secondary N) is 2. The molecule has 0 aliphatic heterocycles. The van der Waals surface area contributed by atoms with E-state index < -0.39 is 0 Å². The molecule has 0 radical (unpaired) electrons. The van der Waals surface area contributed by atoms with Crippen LogP contribution in [0.1, 0.15) is 5.69 Å². The second-order valence-corrected chi connectivity index (χ2v) is 2.75. The first kappa shape index (κ1) is 8.73. The second kappa shape index (κ2) is 3.90. The molecule has 0 atom stereocenters. The first-order chi connectivity index (χ1) is 6.92. The van der Waals surface area contributed by atoms with E-state index in [1.54, 1.807) is 13.4 Å². The number of hydrogen-bond donors (Lipinski definition) is 1. The average molecular weight is 188 g/mol. The number of aromatic nitrogens is 3. The van der Waals surface area contributed by atoms with Crippen LogP contribution >= 0.6 is 0 Å². The van der Waals surface area contributed by atoms with Gasteiger partial charge in [-0.2, -0.15) is 0 Å². The van der Waals surface area contributed by atoms with Crippen molar-refractivity contribution in [1.29, 1.82) is 0 Å². The minimum atomic E-state index is 0.423. The van der Waals surface area contributed by atoms with Crippen LogP contribution in [0.3, 0.4) is 0 Å². The minimum Gasteiger partial charge on any atom is -0.372 e. The highest BCUT2D eigenvalue weighted by molar-refractivity contribution is 5.78. The van der Waals surface area contributed by atoms with Crippen molar-refractivity contribution in [2.24, 2.45) is 0 Å². The molecule has 0 fully saturated rings. The van der Waals surface area contributed by atoms with Crippen molar-refractivity contribution < 1.29 is 9.72 Å². The van der Waals surface area contributed by atoms with Crippen LogP contribution in [0.5, 0.6) is 0 Å². The van der Waals surface area contributed by atoms with Gasteiger partial charge in [0.15, 0.2) is 0 Å². The van der Waals surface area contributed by atoms with Crippen molar-refractivity contribution in [3.63, 3.8) is 0 Å². The molecule has 0 aromatic carbocycles. The summed E-state index contributed by atoms with van der Waals surface area (Å²) in [5, 5.41) is 0.996. The van der Waals surface area contributed by atoms with Crippen LogP contribution in [-0.4, -0.2) is 23.7 Å². The van der Waals surface area contributed by atoms with Crippen LogP contribution in [0.25, 0.3) is 11.0 Å². The van der Waals surface area contributed by atoms with Crippen LogP contribution < -0.4 is 4.98 Å². The lowest BCUT2D eigenvalue weighted by Gasteiger charge is -1.86. The Labute approximate surface area is 81.3 Å². The maximum Gasteiger partial charge on any atom is 0.235 e. The fourth-order valence-corrected chi connectivity index (χ4v) is 1.21. The van der Waals surface area contributed by atoms with E-state index in [0.29, 0.717) is 6.61 Å². The van der Waals surface area contributed by atoms with E-state index in [9.17, 15) is 0 Å². The highest BCUT2D eigenvalue weighted by Crippen LogP contribution is 2.08. The Kier molecular flexibility index (Phi) is 2.43. The smallest absolute Gasteiger partial charge is 0.235 e. The van der Waals surface area contributed by atoms with E-state index in [1.807, 2.05) is 12.3 Å². The monoisotopic (exact) mass is 188 g/mol. The van der Waals surface area contributed by atoms with E-state index in [-0.39, 0.29) is 0 Å². The molecule has 2 aromatic heterocycles. The standard InChI is InChI=1S/C10H9N3O/c1-14-6-2-3-9-8-4-5-11-10(8)13-7-12-9/h4-5,7H,6H2,1H3,(H,11,12,13)/p+1. The summed E-state index contributed by atoms with van der Waals surface area (Å²) in [7, 11) is 1.62. The summed E-state index contributed by atoms with van der Waals surface area (Å²) >= 11 is 0. The minimum absolute atomic E-state index is 0.423. The van der Waals surface area contributed by atoms with Crippen molar-refractivity contribution in [1.82, 2.24) is 9.97 Å². The summed E-state index contributed by atoms with van der Waals surface area (Å²) in [6, 6.07) is 1.94. The van der Waals surface area contributed by atoms with Crippen LogP contribution in [0.4, 0.5) is 0 Å². The van der Waals surface area contributed by atoms with Crippen LogP contribution in [0, 0.1) is 11.8 Å². The molecule has 70 valence electrons. The summed E-state index contributed by atoms with van der Waals surface area (Å²) in [5.74, 6) is 5.82. The lowest BCUT2D eigenvalue weighted by atomic mass is 10.3. The molecule has 0 saturated carbocycles. The van der Waals surface area contributed by atoms with Gasteiger partial charge >= 0.3 is 0 Å². The van der Waals surface area contributed by atoms with Crippen molar-refractivity contribution in [3.8, 4) is 11.8 Å². The molecule has 0 aliphatic rings. The Morgan fingerprint density at radius 1 is 1.64 bits per heavy atom. The van der Waals surface area contributed by atoms with Crippen molar-refractivity contribution >= 4 is 11.0 Å². The molecule has 2 N–H and O–H groups in total. The SMILES string of the molecule is COCC#Cc1nc[nH+]c2[nH]ccc12. The van der Waals surface area contributed by atoms with Gasteiger partial charge in [-0.15, -0.1) is 4.98 Å². The Hall–Kier alpha value is -1.86. The number of H-pyrrole nitrogens is 2. The predicted octanol–water partition coefficient (Wildman–Crippen LogP) is 0.375. The fourth-order valence-electron chi connectivity index (χ4n) is 1.21. The van der Waals surface area contributed by atoms with Gasteiger partial charge < -0.3 is 4.74 Å². The van der Waals surface area contributed by atoms with Crippen LogP contribution in [0.15, 0.2) is 18.6 Å². The Morgan fingerprint density at radius 3 is 3.43 bits per heavy atom. The highest BCUT2D eigenvalue weighted by atomic mass is 16.5. The van der Waals surface area contributed by atoms with Crippen LogP contribution in [0.2, 0.25) is 0 Å². The molecular formula is C10H10N3O+. The first-order valence-electron chi connectivity index (χ1n) is 4.23. The first-order valence-corrected chi connectivity index (χ1v) is 4.23. The Morgan fingerprint density at radius 2 is 2.57 bits per heavy atom. The second-order valence-electron chi connectivity index (χ2n) is 2.75. The number of ether oxygens (including phenoxy) is 1. The normalized spacial score (nSPS) is 9.79. The summed E-state index contributed by atoms with van der Waals surface area (Å²) in [5.41, 5.74) is 1.69. The molecule has 0 bridgehead atoms. The third-order valence-electron chi connectivity index (χ3n) is 1.83. The molecule has 14 heavy (non-hydrogen) atoms. The van der Waals surface area contributed by atoms with E-state index in [1.165, 1.54) is 0 Å². The van der Waals surface area contributed by atoms with E-state index in [0.717, 1.165) is 16.7 Å². The number of methoxy groups -OCH3 is 1. The van der Waals surface area contributed by atoms with Gasteiger partial charge in [-0.3, -0.25) is 4.98 Å². The van der Waals surface area contributed by atoms with E-state index in [4.69, 9.17) is 4.74 Å². The zero-order valence-corrected chi connectivity index (χ0v) is 7.79. The van der Waals surface area contributed by atoms with Gasteiger partial charge in [0, 0.05) is 7.11 Å². The van der Waals surface area contributed by atoms with Crippen LogP contribution in [-0.2, 0) is 4.74 Å². The van der Waals surface area contributed by atoms with Gasteiger partial charge in [-0.25, -0.2) is 4.98 Å². The van der Waals surface area contributed by atoms with Gasteiger partial charge in [-0.05, 0) is 12.0 Å². The summed E-state index contributed by atoms with van der Waals surface area (Å²) < 4.78 is 4.84. The van der Waals surface area contributed by atoms with Gasteiger partial charge in [0.25, 0.3) is 0 Å². The third kappa shape index (κ3) is 1.58. The molecule has 2 aromatic rings. The molecule has 0 unspecified atom stereocenters. The number of nitrogens with zero attached hydrogens (tertiary/aromatic N) is 1. The molecule has 4 heteroatoms. The molecule has 2 rings (SSSR count). The van der Waals surface area contributed by atoms with Crippen molar-refractivity contribution in [2.75, 3.05) is 13.7 Å². The zero-order valence-electron chi connectivity index (χ0n) is 7.79. The van der Waals surface area contributed by atoms with Crippen molar-refractivity contribution in [2.45, 2.75) is 0 Å². The average Bonchev–Trinajstić information content (AvgIpc) is 2.67. The third-order valence-corrected chi connectivity index (χ3v) is 1.83. The maximum absolute atomic E-state index is 4.84. The predicted molar refractivity (Wildman–Crippen MR) is 51.4 cm³/mol. The largest absolute Gasteiger partial charge is 0.372 e. The molecule has 0 aliphatic carbocycles. The quantitative estimate of drug-likeness (QED) is 0.657. The number of hydrogen-bond acceptors (Lipinski definition) is 2. The number of fused-ring (bicyclic) bond motifs is 1. The molecule has 2 heterocycles. The van der Waals surface area contributed by atoms with Gasteiger partial charge in [0.2, 0.25) is 17.7 Å². The summed E-state index contributed by atoms with van der Waals surface area (Å²) in [6.07, 6.45) is 3.47. The van der Waals surface area contributed by atoms with Gasteiger partial charge in [0.1, 0.15) is 12.0 Å². The van der Waals surface area contributed by atoms with Gasteiger partial charge in [-0.1, -0.05) is 5.92 Å². The fraction of sp³-hybridized carbons (Fsp3) is 0.200. The maximum atomic E-state index is 4.84. The number of aromatic amines is 2. The highest BCUT2D eigenvalue weighted by Gasteiger charge is 2.06. The van der Waals surface area contributed by atoms with E-state index in [2.05, 4.69) is 26.8 Å². The lowest BCUT2D eigenvalue weighted by Crippen LogP contribution is -2.05. The molecule has 0 amide bonds. The van der Waals surface area contributed by atoms with E-state index >= 15 is 0 Å². The van der Waals surface area contributed by atoms with Crippen molar-refractivity contribution in [3.05, 3.63) is 24.3 Å². The summed E-state index contributed by atoms with van der Waals surface area (Å²) in [6.45, 7) is 0.423. The molecule has 4 nitrogen and oxygen atoms in total. The summed E-state index contributed by atoms with van der Waals surface area (Å²) in [4.78, 5) is 10.2. The Balaban J connectivity index is 2.43. The molecule has 0 spiro atoms. The molecular weight excluding hydrogens is 178 g/mol. The lowest BCUT2D eigenvalue weighted by molar-refractivity contribution is -0.352. The molecule has 0 saturated heterocycles. The topological polar surface area (TPSA) is 52.1 Å². The Bertz CT molecular complexity index is 493. The zero-order chi connectivity index (χ0) is 9.80. The number of rotatable bonds is 1.